The largest absolute Gasteiger partial charge is 0.370 e. The highest BCUT2D eigenvalue weighted by Crippen LogP contribution is 2.29. The Morgan fingerprint density at radius 3 is 2.74 bits per heavy atom. The van der Waals surface area contributed by atoms with Crippen molar-refractivity contribution in [3.63, 3.8) is 0 Å². The van der Waals surface area contributed by atoms with Gasteiger partial charge in [-0.3, -0.25) is 0 Å². The maximum absolute atomic E-state index is 12.0. The summed E-state index contributed by atoms with van der Waals surface area (Å²) in [7, 11) is -0.0125. The topological polar surface area (TPSA) is 61.4 Å². The lowest BCUT2D eigenvalue weighted by molar-refractivity contribution is 0.549. The maximum Gasteiger partial charge on any atom is 0.242 e. The average Bonchev–Trinajstić information content (AvgIpc) is 2.88. The van der Waals surface area contributed by atoms with Gasteiger partial charge in [0.15, 0.2) is 0 Å². The Bertz CT molecular complexity index is 530. The van der Waals surface area contributed by atoms with Gasteiger partial charge in [-0.25, -0.2) is 13.1 Å². The van der Waals surface area contributed by atoms with Crippen LogP contribution in [-0.2, 0) is 10.0 Å². The van der Waals surface area contributed by atoms with Gasteiger partial charge in [0.1, 0.15) is 4.90 Å². The quantitative estimate of drug-likeness (QED) is 0.832. The van der Waals surface area contributed by atoms with E-state index in [0.717, 1.165) is 31.7 Å². The number of nitrogens with one attached hydrogen (secondary N) is 2. The fourth-order valence-corrected chi connectivity index (χ4v) is 3.51. The van der Waals surface area contributed by atoms with Crippen LogP contribution in [0.25, 0.3) is 0 Å². The molecule has 1 aliphatic rings. The summed E-state index contributed by atoms with van der Waals surface area (Å²) in [5.74, 6) is 0.579. The summed E-state index contributed by atoms with van der Waals surface area (Å²) in [6, 6.07) is 7.18. The molecule has 0 saturated carbocycles. The molecular formula is C13H21N3O2S. The van der Waals surface area contributed by atoms with E-state index in [1.165, 1.54) is 7.05 Å². The number of nitrogens with zero attached hydrogens (tertiary/aromatic N) is 1. The van der Waals surface area contributed by atoms with Crippen LogP contribution < -0.4 is 14.9 Å². The summed E-state index contributed by atoms with van der Waals surface area (Å²) in [5.41, 5.74) is 0.801. The highest BCUT2D eigenvalue weighted by atomic mass is 32.2. The van der Waals surface area contributed by atoms with Crippen LogP contribution in [0.5, 0.6) is 0 Å². The van der Waals surface area contributed by atoms with Crippen molar-refractivity contribution >= 4 is 15.7 Å². The van der Waals surface area contributed by atoms with Gasteiger partial charge >= 0.3 is 0 Å². The Morgan fingerprint density at radius 2 is 2.05 bits per heavy atom. The normalized spacial score (nSPS) is 19.9. The minimum absolute atomic E-state index is 0.364. The third-order valence-corrected chi connectivity index (χ3v) is 5.00. The molecule has 1 aromatic rings. The molecule has 0 amide bonds. The molecule has 106 valence electrons. The van der Waals surface area contributed by atoms with Crippen molar-refractivity contribution in [2.45, 2.75) is 11.3 Å². The molecule has 6 heteroatoms. The molecule has 2 N–H and O–H groups in total. The van der Waals surface area contributed by atoms with Crippen LogP contribution in [0, 0.1) is 5.92 Å². The number of sulfonamides is 1. The predicted molar refractivity (Wildman–Crippen MR) is 76.9 cm³/mol. The number of benzene rings is 1. The molecule has 0 spiro atoms. The number of hydrogen-bond donors (Lipinski definition) is 2. The summed E-state index contributed by atoms with van der Waals surface area (Å²) in [4.78, 5) is 2.52. The van der Waals surface area contributed by atoms with Crippen molar-refractivity contribution in [1.82, 2.24) is 10.0 Å². The van der Waals surface area contributed by atoms with Gasteiger partial charge in [0.2, 0.25) is 10.0 Å². The monoisotopic (exact) mass is 283 g/mol. The van der Waals surface area contributed by atoms with Crippen molar-refractivity contribution < 1.29 is 8.42 Å². The number of para-hydroxylation sites is 1. The first-order chi connectivity index (χ1) is 9.08. The zero-order chi connectivity index (χ0) is 13.9. The van der Waals surface area contributed by atoms with E-state index in [0.29, 0.717) is 10.8 Å². The first-order valence-electron chi connectivity index (χ1n) is 6.50. The molecule has 1 fully saturated rings. The summed E-state index contributed by atoms with van der Waals surface area (Å²) in [6.45, 7) is 2.77. The molecule has 0 aromatic heterocycles. The molecule has 19 heavy (non-hydrogen) atoms. The third kappa shape index (κ3) is 3.08. The Kier molecular flexibility index (Phi) is 4.44. The summed E-state index contributed by atoms with van der Waals surface area (Å²) in [5, 5.41) is 3.18. The Morgan fingerprint density at radius 1 is 1.32 bits per heavy atom. The van der Waals surface area contributed by atoms with E-state index in [1.54, 1.807) is 12.1 Å². The fraction of sp³-hybridized carbons (Fsp3) is 0.538. The van der Waals surface area contributed by atoms with Crippen LogP contribution in [0.3, 0.4) is 0 Å². The summed E-state index contributed by atoms with van der Waals surface area (Å²) in [6.07, 6.45) is 1.09. The van der Waals surface area contributed by atoms with Crippen LogP contribution in [0.4, 0.5) is 5.69 Å². The third-order valence-electron chi connectivity index (χ3n) is 3.54. The van der Waals surface area contributed by atoms with Crippen LogP contribution >= 0.6 is 0 Å². The van der Waals surface area contributed by atoms with Gasteiger partial charge in [0.25, 0.3) is 0 Å². The van der Waals surface area contributed by atoms with E-state index >= 15 is 0 Å². The van der Waals surface area contributed by atoms with E-state index < -0.39 is 10.0 Å². The molecule has 0 radical (unpaired) electrons. The molecular weight excluding hydrogens is 262 g/mol. The van der Waals surface area contributed by atoms with E-state index in [9.17, 15) is 8.42 Å². The lowest BCUT2D eigenvalue weighted by Gasteiger charge is -2.21. The minimum atomic E-state index is -3.40. The standard InChI is InChI=1S/C13H21N3O2S/c1-14-9-11-7-8-16(10-11)12-5-3-4-6-13(12)19(17,18)15-2/h3-6,11,14-15H,7-10H2,1-2H3. The second-order valence-corrected chi connectivity index (χ2v) is 6.69. The number of anilines is 1. The molecule has 1 atom stereocenters. The van der Waals surface area contributed by atoms with Gasteiger partial charge in [0.05, 0.1) is 5.69 Å². The van der Waals surface area contributed by atoms with Gasteiger partial charge in [-0.15, -0.1) is 0 Å². The Hall–Kier alpha value is -1.11. The van der Waals surface area contributed by atoms with Gasteiger partial charge in [0, 0.05) is 13.1 Å². The van der Waals surface area contributed by atoms with Crippen LogP contribution in [0.2, 0.25) is 0 Å². The average molecular weight is 283 g/mol. The molecule has 1 heterocycles. The number of hydrogen-bond acceptors (Lipinski definition) is 4. The lowest BCUT2D eigenvalue weighted by Crippen LogP contribution is -2.27. The van der Waals surface area contributed by atoms with E-state index in [-0.39, 0.29) is 0 Å². The molecule has 1 aromatic carbocycles. The molecule has 1 saturated heterocycles. The highest BCUT2D eigenvalue weighted by Gasteiger charge is 2.26. The van der Waals surface area contributed by atoms with Gasteiger partial charge < -0.3 is 10.2 Å². The first-order valence-corrected chi connectivity index (χ1v) is 7.99. The Labute approximate surface area is 115 Å². The summed E-state index contributed by atoms with van der Waals surface area (Å²) < 4.78 is 26.5. The van der Waals surface area contributed by atoms with Crippen molar-refractivity contribution in [2.24, 2.45) is 5.92 Å². The van der Waals surface area contributed by atoms with Crippen LogP contribution in [0.1, 0.15) is 6.42 Å². The van der Waals surface area contributed by atoms with Gasteiger partial charge in [-0.1, -0.05) is 12.1 Å². The molecule has 2 rings (SSSR count). The van der Waals surface area contributed by atoms with Crippen molar-refractivity contribution in [2.75, 3.05) is 38.6 Å². The molecule has 5 nitrogen and oxygen atoms in total. The zero-order valence-corrected chi connectivity index (χ0v) is 12.2. The molecule has 0 aliphatic carbocycles. The highest BCUT2D eigenvalue weighted by molar-refractivity contribution is 7.89. The smallest absolute Gasteiger partial charge is 0.242 e. The van der Waals surface area contributed by atoms with E-state index in [1.807, 2.05) is 19.2 Å². The second kappa shape index (κ2) is 5.90. The van der Waals surface area contributed by atoms with Crippen molar-refractivity contribution in [1.29, 1.82) is 0 Å². The lowest BCUT2D eigenvalue weighted by atomic mass is 10.1. The van der Waals surface area contributed by atoms with Crippen molar-refractivity contribution in [3.8, 4) is 0 Å². The van der Waals surface area contributed by atoms with Crippen LogP contribution in [-0.4, -0.2) is 42.1 Å². The van der Waals surface area contributed by atoms with Crippen LogP contribution in [0.15, 0.2) is 29.2 Å². The minimum Gasteiger partial charge on any atom is -0.370 e. The van der Waals surface area contributed by atoms with Gasteiger partial charge in [-0.05, 0) is 45.1 Å². The zero-order valence-electron chi connectivity index (χ0n) is 11.4. The Balaban J connectivity index is 2.27. The number of rotatable bonds is 5. The SMILES string of the molecule is CNCC1CCN(c2ccccc2S(=O)(=O)NC)C1. The van der Waals surface area contributed by atoms with Crippen molar-refractivity contribution in [3.05, 3.63) is 24.3 Å². The van der Waals surface area contributed by atoms with E-state index in [2.05, 4.69) is 14.9 Å². The summed E-state index contributed by atoms with van der Waals surface area (Å²) >= 11 is 0. The second-order valence-electron chi connectivity index (χ2n) is 4.83. The fourth-order valence-electron chi connectivity index (χ4n) is 2.56. The molecule has 1 aliphatic heterocycles. The predicted octanol–water partition coefficient (Wildman–Crippen LogP) is 0.640. The maximum atomic E-state index is 12.0. The van der Waals surface area contributed by atoms with Gasteiger partial charge in [-0.2, -0.15) is 0 Å². The molecule has 1 unspecified atom stereocenters. The first kappa shape index (κ1) is 14.3. The van der Waals surface area contributed by atoms with E-state index in [4.69, 9.17) is 0 Å². The molecule has 0 bridgehead atoms.